The van der Waals surface area contributed by atoms with Crippen LogP contribution in [0, 0.1) is 0 Å². The third-order valence-corrected chi connectivity index (χ3v) is 2.10. The van der Waals surface area contributed by atoms with Crippen LogP contribution in [0.1, 0.15) is 6.42 Å². The van der Waals surface area contributed by atoms with Gasteiger partial charge < -0.3 is 14.4 Å². The fourth-order valence-corrected chi connectivity index (χ4v) is 1.23. The van der Waals surface area contributed by atoms with Gasteiger partial charge in [0.15, 0.2) is 0 Å². The smallest absolute Gasteiger partial charge is 0.746 e. The molecule has 0 heterocycles. The van der Waals surface area contributed by atoms with Gasteiger partial charge in [-0.25, -0.2) is 8.42 Å². The number of ether oxygens (including phenoxy) is 1. The monoisotopic (exact) mass is 218 g/mol. The summed E-state index contributed by atoms with van der Waals surface area (Å²) in [5.41, 5.74) is -1.47. The second-order valence-electron chi connectivity index (χ2n) is 2.06. The van der Waals surface area contributed by atoms with Crippen molar-refractivity contribution in [2.45, 2.75) is 11.9 Å². The molecule has 0 aliphatic carbocycles. The van der Waals surface area contributed by atoms with E-state index < -0.39 is 22.2 Å². The van der Waals surface area contributed by atoms with E-state index in [0.29, 0.717) is 0 Å². The molecule has 72 valence electrons. The molecule has 13 heavy (non-hydrogen) atoms. The molecule has 0 saturated carbocycles. The second kappa shape index (κ2) is 7.93. The summed E-state index contributed by atoms with van der Waals surface area (Å²) in [7, 11) is -4.48. The summed E-state index contributed by atoms with van der Waals surface area (Å²) in [5.74, 6) is 0. The molecule has 0 aliphatic rings. The van der Waals surface area contributed by atoms with Crippen LogP contribution in [0.5, 0.6) is 0 Å². The third-order valence-electron chi connectivity index (χ3n) is 1.09. The Morgan fingerprint density at radius 3 is 2.46 bits per heavy atom. The van der Waals surface area contributed by atoms with Gasteiger partial charge in [-0.15, -0.1) is 6.58 Å². The van der Waals surface area contributed by atoms with E-state index in [-0.39, 0.29) is 42.6 Å². The van der Waals surface area contributed by atoms with Gasteiger partial charge >= 0.3 is 29.6 Å². The first kappa shape index (κ1) is 16.0. The quantitative estimate of drug-likeness (QED) is 0.283. The number of aliphatic hydroxyl groups excluding tert-OH is 1. The molecule has 0 spiro atoms. The summed E-state index contributed by atoms with van der Waals surface area (Å²) in [6.45, 7) is 2.87. The Morgan fingerprint density at radius 2 is 2.15 bits per heavy atom. The minimum absolute atomic E-state index is 0. The number of aliphatic hydroxyl groups is 1. The Bertz CT molecular complexity index is 225. The van der Waals surface area contributed by atoms with Crippen molar-refractivity contribution < 1.29 is 52.4 Å². The average Bonchev–Trinajstić information content (AvgIpc) is 1.95. The van der Waals surface area contributed by atoms with Gasteiger partial charge in [0.25, 0.3) is 0 Å². The second-order valence-corrected chi connectivity index (χ2v) is 3.57. The van der Waals surface area contributed by atoms with Crippen LogP contribution >= 0.6 is 0 Å². The fraction of sp³-hybridized carbons (Fsp3) is 0.667. The van der Waals surface area contributed by atoms with Crippen molar-refractivity contribution in [2.24, 2.45) is 0 Å². The summed E-state index contributed by atoms with van der Waals surface area (Å²) < 4.78 is 35.8. The molecular formula is C6H11NaO5S. The van der Waals surface area contributed by atoms with Gasteiger partial charge in [0, 0.05) is 13.0 Å². The zero-order valence-electron chi connectivity index (χ0n) is 7.47. The standard InChI is InChI=1S/C6H12O5S.Na/c1-2-5-11-6(3-4-7)12(8,9)10;/h2,6-7H,1,3-5H2,(H,8,9,10);/q;+1/p-1. The van der Waals surface area contributed by atoms with E-state index >= 15 is 0 Å². The zero-order valence-corrected chi connectivity index (χ0v) is 10.3. The van der Waals surface area contributed by atoms with Crippen LogP contribution in [-0.4, -0.2) is 36.7 Å². The molecule has 1 atom stereocenters. The van der Waals surface area contributed by atoms with Crippen LogP contribution in [0.4, 0.5) is 0 Å². The van der Waals surface area contributed by atoms with Gasteiger partial charge in [0.05, 0.1) is 6.61 Å². The normalized spacial score (nSPS) is 13.1. The van der Waals surface area contributed by atoms with Crippen LogP contribution in [0.2, 0.25) is 0 Å². The molecule has 0 fully saturated rings. The third kappa shape index (κ3) is 7.63. The van der Waals surface area contributed by atoms with E-state index in [9.17, 15) is 13.0 Å². The number of hydrogen-bond donors (Lipinski definition) is 1. The van der Waals surface area contributed by atoms with Crippen LogP contribution < -0.4 is 29.6 Å². The molecule has 1 unspecified atom stereocenters. The van der Waals surface area contributed by atoms with Crippen LogP contribution in [0.3, 0.4) is 0 Å². The molecule has 1 N–H and O–H groups in total. The van der Waals surface area contributed by atoms with Crippen molar-refractivity contribution in [3.63, 3.8) is 0 Å². The molecule has 7 heteroatoms. The minimum atomic E-state index is -4.48. The van der Waals surface area contributed by atoms with Crippen molar-refractivity contribution in [1.82, 2.24) is 0 Å². The maximum Gasteiger partial charge on any atom is 1.00 e. The SMILES string of the molecule is C=CCOC(CCO)S(=O)(=O)[O-].[Na+]. The molecule has 0 aromatic carbocycles. The van der Waals surface area contributed by atoms with E-state index in [0.717, 1.165) is 0 Å². The molecular weight excluding hydrogens is 207 g/mol. The molecule has 0 saturated heterocycles. The summed E-state index contributed by atoms with van der Waals surface area (Å²) in [6.07, 6.45) is 1.12. The van der Waals surface area contributed by atoms with Crippen LogP contribution in [0.15, 0.2) is 12.7 Å². The molecule has 0 aromatic heterocycles. The fourth-order valence-electron chi connectivity index (χ4n) is 0.592. The van der Waals surface area contributed by atoms with Crippen LogP contribution in [0.25, 0.3) is 0 Å². The van der Waals surface area contributed by atoms with Gasteiger partial charge in [0.2, 0.25) is 0 Å². The molecule has 0 aromatic rings. The van der Waals surface area contributed by atoms with Gasteiger partial charge in [-0.05, 0) is 0 Å². The van der Waals surface area contributed by atoms with Crippen molar-refractivity contribution in [3.05, 3.63) is 12.7 Å². The van der Waals surface area contributed by atoms with E-state index in [4.69, 9.17) is 5.11 Å². The maximum atomic E-state index is 10.4. The zero-order chi connectivity index (χ0) is 9.61. The number of rotatable bonds is 6. The molecule has 0 bridgehead atoms. The summed E-state index contributed by atoms with van der Waals surface area (Å²) in [6, 6.07) is 0. The van der Waals surface area contributed by atoms with Crippen LogP contribution in [-0.2, 0) is 14.9 Å². The van der Waals surface area contributed by atoms with E-state index in [2.05, 4.69) is 11.3 Å². The van der Waals surface area contributed by atoms with Gasteiger partial charge in [-0.1, -0.05) is 6.08 Å². The summed E-state index contributed by atoms with van der Waals surface area (Å²) in [4.78, 5) is 0. The van der Waals surface area contributed by atoms with Crippen molar-refractivity contribution in [1.29, 1.82) is 0 Å². The van der Waals surface area contributed by atoms with E-state index in [1.54, 1.807) is 0 Å². The van der Waals surface area contributed by atoms with Gasteiger partial charge in [-0.3, -0.25) is 0 Å². The Labute approximate surface area is 99.8 Å². The van der Waals surface area contributed by atoms with Crippen molar-refractivity contribution in [3.8, 4) is 0 Å². The summed E-state index contributed by atoms with van der Waals surface area (Å²) in [5, 5.41) is 8.39. The number of hydrogen-bond acceptors (Lipinski definition) is 5. The Balaban J connectivity index is 0. The molecule has 0 amide bonds. The largest absolute Gasteiger partial charge is 1.00 e. The first-order chi connectivity index (χ1) is 5.52. The van der Waals surface area contributed by atoms with Crippen molar-refractivity contribution >= 4 is 10.1 Å². The molecule has 0 rings (SSSR count). The Kier molecular flexibility index (Phi) is 9.77. The van der Waals surface area contributed by atoms with Gasteiger partial charge in [0.1, 0.15) is 15.6 Å². The molecule has 0 radical (unpaired) electrons. The van der Waals surface area contributed by atoms with E-state index in [1.807, 2.05) is 0 Å². The predicted molar refractivity (Wildman–Crippen MR) is 41.3 cm³/mol. The Hall–Kier alpha value is 0.570. The average molecular weight is 218 g/mol. The van der Waals surface area contributed by atoms with Crippen molar-refractivity contribution in [2.75, 3.05) is 13.2 Å². The summed E-state index contributed by atoms with van der Waals surface area (Å²) >= 11 is 0. The topological polar surface area (TPSA) is 86.7 Å². The maximum absolute atomic E-state index is 10.4. The van der Waals surface area contributed by atoms with Gasteiger partial charge in [-0.2, -0.15) is 0 Å². The molecule has 5 nitrogen and oxygen atoms in total. The minimum Gasteiger partial charge on any atom is -0.746 e. The Morgan fingerprint density at radius 1 is 1.62 bits per heavy atom. The first-order valence-corrected chi connectivity index (χ1v) is 4.77. The van der Waals surface area contributed by atoms with E-state index in [1.165, 1.54) is 6.08 Å². The molecule has 0 aliphatic heterocycles. The predicted octanol–water partition coefficient (Wildman–Crippen LogP) is -3.55. The first-order valence-electron chi connectivity index (χ1n) is 3.30.